The summed E-state index contributed by atoms with van der Waals surface area (Å²) in [5.41, 5.74) is 0.736. The molecular formula is C32H54O4. The molecule has 0 aromatic heterocycles. The Hall–Kier alpha value is -0.870. The van der Waals surface area contributed by atoms with Gasteiger partial charge in [0.1, 0.15) is 6.10 Å². The predicted octanol–water partition coefficient (Wildman–Crippen LogP) is 7.07. The molecule has 0 aliphatic heterocycles. The molecule has 0 unspecified atom stereocenters. The summed E-state index contributed by atoms with van der Waals surface area (Å²) in [5.74, 6) is 1.02. The molecule has 2 N–H and O–H groups in total. The number of aliphatic hydroxyl groups is 2. The van der Waals surface area contributed by atoms with Gasteiger partial charge in [-0.15, -0.1) is 0 Å². The number of rotatable bonds is 5. The number of hydrogen-bond donors (Lipinski definition) is 2. The van der Waals surface area contributed by atoms with Gasteiger partial charge in [-0.25, -0.2) is 0 Å². The first-order valence-electron chi connectivity index (χ1n) is 14.7. The van der Waals surface area contributed by atoms with Gasteiger partial charge in [-0.3, -0.25) is 4.79 Å². The molecule has 4 nitrogen and oxygen atoms in total. The Balaban J connectivity index is 1.64. The average molecular weight is 503 g/mol. The molecule has 36 heavy (non-hydrogen) atoms. The standard InChI is InChI=1S/C32H54O4/c1-20(2)11-10-15-32(9,35)22-12-17-31(8)27(22)23(34)19-25-29(6)16-14-26(36-21(3)33)28(4,5)24(29)13-18-30(25,31)7/h11,22-27,34-35H,10,12-19H2,1-9H3/t22-,23+,24-,25+,26-,27-,29-,30+,31+,32-/m0/s1. The maximum absolute atomic E-state index is 11.9. The van der Waals surface area contributed by atoms with E-state index in [0.717, 1.165) is 57.8 Å². The molecule has 206 valence electrons. The van der Waals surface area contributed by atoms with Crippen LogP contribution < -0.4 is 0 Å². The number of carbonyl (C=O) groups excluding carboxylic acids is 1. The van der Waals surface area contributed by atoms with Crippen LogP contribution in [0.15, 0.2) is 11.6 Å². The van der Waals surface area contributed by atoms with Gasteiger partial charge in [0, 0.05) is 12.3 Å². The predicted molar refractivity (Wildman–Crippen MR) is 145 cm³/mol. The second kappa shape index (κ2) is 9.11. The van der Waals surface area contributed by atoms with Gasteiger partial charge >= 0.3 is 5.97 Å². The lowest BCUT2D eigenvalue weighted by molar-refractivity contribution is -0.249. The van der Waals surface area contributed by atoms with Gasteiger partial charge in [0.05, 0.1) is 11.7 Å². The Morgan fingerprint density at radius 2 is 1.61 bits per heavy atom. The van der Waals surface area contributed by atoms with Crippen LogP contribution in [0, 0.1) is 45.3 Å². The first-order valence-corrected chi connectivity index (χ1v) is 14.7. The van der Waals surface area contributed by atoms with Gasteiger partial charge in [0.15, 0.2) is 0 Å². The second-order valence-electron chi connectivity index (χ2n) is 15.1. The zero-order valence-corrected chi connectivity index (χ0v) is 24.6. The Bertz CT molecular complexity index is 885. The third-order valence-corrected chi connectivity index (χ3v) is 12.6. The molecule has 0 spiro atoms. The van der Waals surface area contributed by atoms with Gasteiger partial charge in [0.25, 0.3) is 0 Å². The Morgan fingerprint density at radius 1 is 0.972 bits per heavy atom. The summed E-state index contributed by atoms with van der Waals surface area (Å²) in [6.07, 6.45) is 10.7. The van der Waals surface area contributed by atoms with Gasteiger partial charge < -0.3 is 14.9 Å². The number of esters is 1. The molecule has 0 aromatic rings. The SMILES string of the molecule is CC(=O)O[C@H]1CC[C@]2(C)[C@H]3C[C@@H](O)[C@@H]4[C@@H]([C@@](C)(O)CCC=C(C)C)CC[C@@]4(C)[C@]3(C)CC[C@H]2C1(C)C. The minimum Gasteiger partial charge on any atom is -0.462 e. The lowest BCUT2D eigenvalue weighted by atomic mass is 9.35. The number of carbonyl (C=O) groups is 1. The number of fused-ring (bicyclic) bond motifs is 5. The first-order chi connectivity index (χ1) is 16.5. The molecule has 10 atom stereocenters. The topological polar surface area (TPSA) is 66.8 Å². The molecule has 0 aromatic carbocycles. The van der Waals surface area contributed by atoms with Gasteiger partial charge in [-0.2, -0.15) is 0 Å². The number of ether oxygens (including phenoxy) is 1. The summed E-state index contributed by atoms with van der Waals surface area (Å²) in [6.45, 7) is 19.9. The highest BCUT2D eigenvalue weighted by Gasteiger charge is 2.71. The number of allylic oxidation sites excluding steroid dienone is 2. The first kappa shape index (κ1) is 28.1. The quantitative estimate of drug-likeness (QED) is 0.312. The molecule has 4 aliphatic carbocycles. The molecule has 4 rings (SSSR count). The van der Waals surface area contributed by atoms with Crippen LogP contribution in [0.3, 0.4) is 0 Å². The fraction of sp³-hybridized carbons (Fsp3) is 0.906. The molecule has 0 radical (unpaired) electrons. The lowest BCUT2D eigenvalue weighted by Gasteiger charge is -2.70. The van der Waals surface area contributed by atoms with E-state index in [-0.39, 0.29) is 51.7 Å². The van der Waals surface area contributed by atoms with E-state index in [9.17, 15) is 15.0 Å². The molecule has 4 saturated carbocycles. The van der Waals surface area contributed by atoms with Crippen LogP contribution >= 0.6 is 0 Å². The van der Waals surface area contributed by atoms with Crippen molar-refractivity contribution in [2.24, 2.45) is 45.3 Å². The maximum Gasteiger partial charge on any atom is 0.302 e. The summed E-state index contributed by atoms with van der Waals surface area (Å²) in [4.78, 5) is 11.9. The second-order valence-corrected chi connectivity index (χ2v) is 15.1. The normalized spacial score (nSPS) is 47.1. The van der Waals surface area contributed by atoms with Crippen LogP contribution in [0.25, 0.3) is 0 Å². The van der Waals surface area contributed by atoms with Crippen molar-refractivity contribution in [2.45, 2.75) is 138 Å². The number of aliphatic hydroxyl groups excluding tert-OH is 1. The average Bonchev–Trinajstić information content (AvgIpc) is 3.12. The highest BCUT2D eigenvalue weighted by molar-refractivity contribution is 5.66. The fourth-order valence-corrected chi connectivity index (χ4v) is 10.7. The molecule has 4 aliphatic rings. The van der Waals surface area contributed by atoms with Crippen molar-refractivity contribution in [1.82, 2.24) is 0 Å². The molecule has 0 saturated heterocycles. The summed E-state index contributed by atoms with van der Waals surface area (Å²) >= 11 is 0. The highest BCUT2D eigenvalue weighted by Crippen LogP contribution is 2.75. The zero-order chi connectivity index (χ0) is 26.9. The minimum atomic E-state index is -0.760. The van der Waals surface area contributed by atoms with Crippen molar-refractivity contribution in [3.05, 3.63) is 11.6 Å². The van der Waals surface area contributed by atoms with Gasteiger partial charge in [-0.1, -0.05) is 46.3 Å². The van der Waals surface area contributed by atoms with Crippen molar-refractivity contribution < 1.29 is 19.7 Å². The van der Waals surface area contributed by atoms with E-state index in [1.807, 2.05) is 6.92 Å². The number of hydrogen-bond acceptors (Lipinski definition) is 4. The van der Waals surface area contributed by atoms with E-state index in [1.54, 1.807) is 0 Å². The fourth-order valence-electron chi connectivity index (χ4n) is 10.7. The van der Waals surface area contributed by atoms with E-state index in [4.69, 9.17) is 4.74 Å². The van der Waals surface area contributed by atoms with E-state index < -0.39 is 5.60 Å². The van der Waals surface area contributed by atoms with E-state index in [2.05, 4.69) is 54.5 Å². The smallest absolute Gasteiger partial charge is 0.302 e. The van der Waals surface area contributed by atoms with E-state index in [1.165, 1.54) is 12.5 Å². The summed E-state index contributed by atoms with van der Waals surface area (Å²) in [5, 5.41) is 23.6. The van der Waals surface area contributed by atoms with Gasteiger partial charge in [0.2, 0.25) is 0 Å². The zero-order valence-electron chi connectivity index (χ0n) is 24.6. The Labute approximate surface area is 220 Å². The molecule has 0 heterocycles. The monoisotopic (exact) mass is 502 g/mol. The molecule has 0 amide bonds. The third kappa shape index (κ3) is 4.12. The van der Waals surface area contributed by atoms with Crippen LogP contribution in [0.4, 0.5) is 0 Å². The summed E-state index contributed by atoms with van der Waals surface area (Å²) in [7, 11) is 0. The molecule has 4 heteroatoms. The Kier molecular flexibility index (Phi) is 7.12. The van der Waals surface area contributed by atoms with E-state index >= 15 is 0 Å². The van der Waals surface area contributed by atoms with Crippen molar-refractivity contribution in [2.75, 3.05) is 0 Å². The maximum atomic E-state index is 11.9. The third-order valence-electron chi connectivity index (χ3n) is 12.6. The van der Waals surface area contributed by atoms with E-state index in [0.29, 0.717) is 11.8 Å². The van der Waals surface area contributed by atoms with Crippen molar-refractivity contribution in [3.63, 3.8) is 0 Å². The van der Waals surface area contributed by atoms with Crippen molar-refractivity contribution >= 4 is 5.97 Å². The largest absolute Gasteiger partial charge is 0.462 e. The lowest BCUT2D eigenvalue weighted by Crippen LogP contribution is -2.66. The minimum absolute atomic E-state index is 0.0192. The van der Waals surface area contributed by atoms with Crippen LogP contribution in [0.1, 0.15) is 120 Å². The van der Waals surface area contributed by atoms with Crippen LogP contribution in [-0.2, 0) is 9.53 Å². The van der Waals surface area contributed by atoms with Crippen LogP contribution in [0.2, 0.25) is 0 Å². The van der Waals surface area contributed by atoms with Crippen molar-refractivity contribution in [1.29, 1.82) is 0 Å². The summed E-state index contributed by atoms with van der Waals surface area (Å²) < 4.78 is 5.85. The molecule has 4 fully saturated rings. The van der Waals surface area contributed by atoms with Crippen LogP contribution in [0.5, 0.6) is 0 Å². The molecule has 0 bridgehead atoms. The highest BCUT2D eigenvalue weighted by atomic mass is 16.5. The van der Waals surface area contributed by atoms with Crippen molar-refractivity contribution in [3.8, 4) is 0 Å². The summed E-state index contributed by atoms with van der Waals surface area (Å²) in [6, 6.07) is 0. The Morgan fingerprint density at radius 3 is 2.22 bits per heavy atom. The van der Waals surface area contributed by atoms with Gasteiger partial charge in [-0.05, 0) is 118 Å². The van der Waals surface area contributed by atoms with Crippen LogP contribution in [-0.4, -0.2) is 34.0 Å². The molecular weight excluding hydrogens is 448 g/mol.